The van der Waals surface area contributed by atoms with Crippen molar-refractivity contribution >= 4 is 17.3 Å². The zero-order valence-electron chi connectivity index (χ0n) is 9.75. The highest BCUT2D eigenvalue weighted by Crippen LogP contribution is 2.14. The summed E-state index contributed by atoms with van der Waals surface area (Å²) in [5.74, 6) is 0.154. The lowest BCUT2D eigenvalue weighted by molar-refractivity contribution is 0.102. The number of aromatic nitrogens is 2. The van der Waals surface area contributed by atoms with Crippen LogP contribution in [-0.4, -0.2) is 23.0 Å². The molecule has 0 fully saturated rings. The van der Waals surface area contributed by atoms with Crippen LogP contribution in [0.25, 0.3) is 0 Å². The normalized spacial score (nSPS) is 9.83. The highest BCUT2D eigenvalue weighted by atomic mass is 16.5. The van der Waals surface area contributed by atoms with E-state index in [1.54, 1.807) is 18.2 Å². The lowest BCUT2D eigenvalue weighted by atomic mass is 10.2. The van der Waals surface area contributed by atoms with Gasteiger partial charge < -0.3 is 15.8 Å². The summed E-state index contributed by atoms with van der Waals surface area (Å²) in [6.45, 7) is 0. The number of hydrogen-bond donors (Lipinski definition) is 2. The van der Waals surface area contributed by atoms with Crippen molar-refractivity contribution in [2.75, 3.05) is 18.2 Å². The van der Waals surface area contributed by atoms with E-state index in [2.05, 4.69) is 15.3 Å². The summed E-state index contributed by atoms with van der Waals surface area (Å²) < 4.78 is 4.92. The van der Waals surface area contributed by atoms with Crippen LogP contribution in [0.15, 0.2) is 36.8 Å². The minimum Gasteiger partial charge on any atom is -0.481 e. The van der Waals surface area contributed by atoms with Gasteiger partial charge in [-0.2, -0.15) is 0 Å². The number of nitrogens with one attached hydrogen (secondary N) is 1. The number of nitrogens with two attached hydrogens (primary N) is 1. The number of anilines is 2. The van der Waals surface area contributed by atoms with Crippen LogP contribution in [0, 0.1) is 0 Å². The van der Waals surface area contributed by atoms with Gasteiger partial charge in [-0.1, -0.05) is 0 Å². The minimum atomic E-state index is -0.326. The molecule has 2 aromatic heterocycles. The van der Waals surface area contributed by atoms with E-state index in [1.165, 1.54) is 25.7 Å². The number of carbonyl (C=O) groups is 1. The lowest BCUT2D eigenvalue weighted by Crippen LogP contribution is -2.14. The first-order valence-electron chi connectivity index (χ1n) is 5.21. The van der Waals surface area contributed by atoms with Crippen molar-refractivity contribution in [3.8, 4) is 5.88 Å². The summed E-state index contributed by atoms with van der Waals surface area (Å²) in [4.78, 5) is 19.7. The molecule has 0 aliphatic rings. The molecule has 0 spiro atoms. The maximum atomic E-state index is 11.9. The van der Waals surface area contributed by atoms with Gasteiger partial charge in [0.25, 0.3) is 5.91 Å². The zero-order valence-corrected chi connectivity index (χ0v) is 9.75. The summed E-state index contributed by atoms with van der Waals surface area (Å²) in [5, 5.41) is 2.67. The predicted octanol–water partition coefficient (Wildman–Crippen LogP) is 1.32. The van der Waals surface area contributed by atoms with E-state index < -0.39 is 0 Å². The molecule has 0 aromatic carbocycles. The van der Waals surface area contributed by atoms with Crippen molar-refractivity contribution in [1.29, 1.82) is 0 Å². The Hall–Kier alpha value is -2.63. The van der Waals surface area contributed by atoms with E-state index in [1.807, 2.05) is 0 Å². The molecule has 6 nitrogen and oxygen atoms in total. The van der Waals surface area contributed by atoms with Crippen molar-refractivity contribution < 1.29 is 9.53 Å². The molecule has 3 N–H and O–H groups in total. The first kappa shape index (κ1) is 11.8. The maximum Gasteiger partial charge on any atom is 0.259 e. The third-order valence-corrected chi connectivity index (χ3v) is 2.30. The number of methoxy groups -OCH3 is 1. The molecular formula is C12H12N4O2. The molecule has 2 aromatic rings. The second kappa shape index (κ2) is 5.13. The number of carbonyl (C=O) groups excluding carboxylic acids is 1. The third-order valence-electron chi connectivity index (χ3n) is 2.30. The Labute approximate surface area is 104 Å². The summed E-state index contributed by atoms with van der Waals surface area (Å²) in [6, 6.07) is 4.92. The van der Waals surface area contributed by atoms with Gasteiger partial charge in [0.05, 0.1) is 24.6 Å². The topological polar surface area (TPSA) is 90.1 Å². The standard InChI is InChI=1S/C12H12N4O2/c1-18-11-3-2-8(6-15-11)16-12(17)9-7-14-5-4-10(9)13/h2-7H,1H3,(H2,13,14)(H,16,17). The molecular weight excluding hydrogens is 232 g/mol. The van der Waals surface area contributed by atoms with E-state index in [4.69, 9.17) is 10.5 Å². The van der Waals surface area contributed by atoms with E-state index in [0.717, 1.165) is 0 Å². The Morgan fingerprint density at radius 1 is 1.33 bits per heavy atom. The average molecular weight is 244 g/mol. The van der Waals surface area contributed by atoms with Crippen LogP contribution in [0.3, 0.4) is 0 Å². The predicted molar refractivity (Wildman–Crippen MR) is 67.4 cm³/mol. The number of nitrogen functional groups attached to an aromatic ring is 1. The lowest BCUT2D eigenvalue weighted by Gasteiger charge is -2.07. The highest BCUT2D eigenvalue weighted by Gasteiger charge is 2.09. The maximum absolute atomic E-state index is 11.9. The fourth-order valence-corrected chi connectivity index (χ4v) is 1.37. The summed E-state index contributed by atoms with van der Waals surface area (Å²) in [6.07, 6.45) is 4.45. The first-order valence-corrected chi connectivity index (χ1v) is 5.21. The molecule has 2 heterocycles. The van der Waals surface area contributed by atoms with Gasteiger partial charge in [0, 0.05) is 24.1 Å². The van der Waals surface area contributed by atoms with Crippen LogP contribution in [0.2, 0.25) is 0 Å². The van der Waals surface area contributed by atoms with Crippen molar-refractivity contribution in [1.82, 2.24) is 9.97 Å². The number of hydrogen-bond acceptors (Lipinski definition) is 5. The Balaban J connectivity index is 2.14. The molecule has 0 bridgehead atoms. The number of ether oxygens (including phenoxy) is 1. The molecule has 0 saturated heterocycles. The van der Waals surface area contributed by atoms with Crippen LogP contribution < -0.4 is 15.8 Å². The molecule has 0 radical (unpaired) electrons. The quantitative estimate of drug-likeness (QED) is 0.849. The number of rotatable bonds is 3. The number of pyridine rings is 2. The van der Waals surface area contributed by atoms with Gasteiger partial charge in [-0.3, -0.25) is 9.78 Å². The smallest absolute Gasteiger partial charge is 0.259 e. The molecule has 0 aliphatic carbocycles. The Morgan fingerprint density at radius 3 is 2.78 bits per heavy atom. The zero-order chi connectivity index (χ0) is 13.0. The Kier molecular flexibility index (Phi) is 3.38. The molecule has 2 rings (SSSR count). The van der Waals surface area contributed by atoms with Gasteiger partial charge in [0.15, 0.2) is 0 Å². The molecule has 1 amide bonds. The molecule has 92 valence electrons. The third kappa shape index (κ3) is 2.54. The van der Waals surface area contributed by atoms with Crippen molar-refractivity contribution in [2.45, 2.75) is 0 Å². The van der Waals surface area contributed by atoms with E-state index in [0.29, 0.717) is 22.8 Å². The number of amides is 1. The van der Waals surface area contributed by atoms with Crippen LogP contribution in [0.5, 0.6) is 5.88 Å². The van der Waals surface area contributed by atoms with Gasteiger partial charge in [-0.15, -0.1) is 0 Å². The van der Waals surface area contributed by atoms with E-state index in [9.17, 15) is 4.79 Å². The van der Waals surface area contributed by atoms with Crippen molar-refractivity contribution in [3.05, 3.63) is 42.4 Å². The molecule has 0 atom stereocenters. The van der Waals surface area contributed by atoms with Gasteiger partial charge in [-0.25, -0.2) is 4.98 Å². The first-order chi connectivity index (χ1) is 8.70. The molecule has 18 heavy (non-hydrogen) atoms. The second-order valence-corrected chi connectivity index (χ2v) is 3.51. The summed E-state index contributed by atoms with van der Waals surface area (Å²) in [5.41, 5.74) is 6.95. The van der Waals surface area contributed by atoms with Gasteiger partial charge in [-0.05, 0) is 12.1 Å². The average Bonchev–Trinajstić information content (AvgIpc) is 2.40. The highest BCUT2D eigenvalue weighted by molar-refractivity contribution is 6.07. The Bertz CT molecular complexity index is 554. The monoisotopic (exact) mass is 244 g/mol. The summed E-state index contributed by atoms with van der Waals surface area (Å²) >= 11 is 0. The molecule has 6 heteroatoms. The Morgan fingerprint density at radius 2 is 2.17 bits per heavy atom. The van der Waals surface area contributed by atoms with Crippen LogP contribution in [0.4, 0.5) is 11.4 Å². The fraction of sp³-hybridized carbons (Fsp3) is 0.0833. The van der Waals surface area contributed by atoms with Gasteiger partial charge in [0.2, 0.25) is 5.88 Å². The van der Waals surface area contributed by atoms with Crippen molar-refractivity contribution in [3.63, 3.8) is 0 Å². The van der Waals surface area contributed by atoms with Crippen LogP contribution in [-0.2, 0) is 0 Å². The molecule has 0 unspecified atom stereocenters. The number of nitrogens with zero attached hydrogens (tertiary/aromatic N) is 2. The van der Waals surface area contributed by atoms with Gasteiger partial charge in [0.1, 0.15) is 0 Å². The second-order valence-electron chi connectivity index (χ2n) is 3.51. The van der Waals surface area contributed by atoms with Gasteiger partial charge >= 0.3 is 0 Å². The van der Waals surface area contributed by atoms with Crippen LogP contribution in [0.1, 0.15) is 10.4 Å². The largest absolute Gasteiger partial charge is 0.481 e. The minimum absolute atomic E-state index is 0.326. The summed E-state index contributed by atoms with van der Waals surface area (Å²) in [7, 11) is 1.52. The van der Waals surface area contributed by atoms with Crippen LogP contribution >= 0.6 is 0 Å². The van der Waals surface area contributed by atoms with Crippen molar-refractivity contribution in [2.24, 2.45) is 0 Å². The molecule has 0 aliphatic heterocycles. The fourth-order valence-electron chi connectivity index (χ4n) is 1.37. The SMILES string of the molecule is COc1ccc(NC(=O)c2cnccc2N)cn1. The molecule has 0 saturated carbocycles. The van der Waals surface area contributed by atoms with E-state index in [-0.39, 0.29) is 5.91 Å². The van der Waals surface area contributed by atoms with E-state index >= 15 is 0 Å².